The summed E-state index contributed by atoms with van der Waals surface area (Å²) in [6.07, 6.45) is 5.28. The fourth-order valence-electron chi connectivity index (χ4n) is 2.05. The van der Waals surface area contributed by atoms with E-state index in [2.05, 4.69) is 10.2 Å². The van der Waals surface area contributed by atoms with Gasteiger partial charge in [0.05, 0.1) is 0 Å². The van der Waals surface area contributed by atoms with E-state index < -0.39 is 0 Å². The van der Waals surface area contributed by atoms with Crippen LogP contribution in [0.2, 0.25) is 5.35 Å². The van der Waals surface area contributed by atoms with E-state index in [4.69, 9.17) is 16.0 Å². The SMILES string of the molecule is Clc1nnc(C(C2CC2)C2CC2)o1. The molecule has 2 aliphatic carbocycles. The predicted octanol–water partition coefficient (Wildman–Crippen LogP) is 2.63. The Balaban J connectivity index is 1.86. The van der Waals surface area contributed by atoms with Gasteiger partial charge in [-0.05, 0) is 49.1 Å². The molecule has 0 amide bonds. The van der Waals surface area contributed by atoms with Gasteiger partial charge in [0.1, 0.15) is 0 Å². The summed E-state index contributed by atoms with van der Waals surface area (Å²) >= 11 is 5.61. The minimum atomic E-state index is 0.182. The van der Waals surface area contributed by atoms with Crippen molar-refractivity contribution in [3.8, 4) is 0 Å². The Hall–Kier alpha value is -0.570. The van der Waals surface area contributed by atoms with Crippen molar-refractivity contribution in [2.24, 2.45) is 11.8 Å². The zero-order valence-corrected chi connectivity index (χ0v) is 8.00. The molecule has 0 saturated heterocycles. The highest BCUT2D eigenvalue weighted by Gasteiger charge is 2.45. The Kier molecular flexibility index (Phi) is 1.62. The molecule has 0 N–H and O–H groups in total. The summed E-state index contributed by atoms with van der Waals surface area (Å²) in [6.45, 7) is 0. The third-order valence-electron chi connectivity index (χ3n) is 2.96. The molecule has 0 aliphatic heterocycles. The van der Waals surface area contributed by atoms with Gasteiger partial charge in [0.15, 0.2) is 0 Å². The van der Waals surface area contributed by atoms with Crippen molar-refractivity contribution >= 4 is 11.6 Å². The summed E-state index contributed by atoms with van der Waals surface area (Å²) in [4.78, 5) is 0. The monoisotopic (exact) mass is 198 g/mol. The molecule has 2 saturated carbocycles. The van der Waals surface area contributed by atoms with Crippen LogP contribution in [0.3, 0.4) is 0 Å². The highest BCUT2D eigenvalue weighted by molar-refractivity contribution is 6.27. The molecule has 2 fully saturated rings. The lowest BCUT2D eigenvalue weighted by molar-refractivity contribution is 0.393. The molecule has 4 heteroatoms. The Labute approximate surface area is 81.5 Å². The Morgan fingerprint density at radius 3 is 2.15 bits per heavy atom. The smallest absolute Gasteiger partial charge is 0.312 e. The molecular formula is C9H11ClN2O. The third kappa shape index (κ3) is 1.46. The average molecular weight is 199 g/mol. The van der Waals surface area contributed by atoms with Crippen LogP contribution in [0, 0.1) is 11.8 Å². The highest BCUT2D eigenvalue weighted by atomic mass is 35.5. The topological polar surface area (TPSA) is 38.9 Å². The maximum atomic E-state index is 5.61. The summed E-state index contributed by atoms with van der Waals surface area (Å²) in [5.41, 5.74) is 0. The van der Waals surface area contributed by atoms with Gasteiger partial charge in [-0.15, -0.1) is 5.10 Å². The molecule has 2 aliphatic rings. The van der Waals surface area contributed by atoms with Crippen LogP contribution in [0.4, 0.5) is 0 Å². The average Bonchev–Trinajstić information content (AvgIpc) is 2.95. The molecule has 13 heavy (non-hydrogen) atoms. The fourth-order valence-corrected chi connectivity index (χ4v) is 2.17. The molecule has 1 aromatic heterocycles. The molecule has 3 rings (SSSR count). The summed E-state index contributed by atoms with van der Waals surface area (Å²) < 4.78 is 5.29. The van der Waals surface area contributed by atoms with Crippen LogP contribution in [0.25, 0.3) is 0 Å². The Morgan fingerprint density at radius 2 is 1.77 bits per heavy atom. The van der Waals surface area contributed by atoms with Gasteiger partial charge < -0.3 is 4.42 Å². The van der Waals surface area contributed by atoms with Crippen LogP contribution in [-0.2, 0) is 0 Å². The first kappa shape index (κ1) is 7.80. The predicted molar refractivity (Wildman–Crippen MR) is 47.5 cm³/mol. The molecule has 0 aromatic carbocycles. The second kappa shape index (κ2) is 2.71. The summed E-state index contributed by atoms with van der Waals surface area (Å²) in [7, 11) is 0. The van der Waals surface area contributed by atoms with Crippen molar-refractivity contribution in [3.63, 3.8) is 0 Å². The molecule has 1 heterocycles. The fraction of sp³-hybridized carbons (Fsp3) is 0.778. The van der Waals surface area contributed by atoms with E-state index in [1.807, 2.05) is 0 Å². The first-order valence-corrected chi connectivity index (χ1v) is 5.21. The molecule has 0 spiro atoms. The molecule has 0 bridgehead atoms. The number of halogens is 1. The number of hydrogen-bond donors (Lipinski definition) is 0. The lowest BCUT2D eigenvalue weighted by atomic mass is 9.98. The molecule has 0 radical (unpaired) electrons. The Bertz CT molecular complexity index is 305. The first-order valence-electron chi connectivity index (χ1n) is 4.83. The van der Waals surface area contributed by atoms with Crippen LogP contribution < -0.4 is 0 Å². The number of aromatic nitrogens is 2. The van der Waals surface area contributed by atoms with Gasteiger partial charge in [-0.1, -0.05) is 5.10 Å². The lowest BCUT2D eigenvalue weighted by Gasteiger charge is -2.08. The van der Waals surface area contributed by atoms with Crippen molar-refractivity contribution in [1.29, 1.82) is 0 Å². The van der Waals surface area contributed by atoms with Gasteiger partial charge in [0.2, 0.25) is 5.89 Å². The molecule has 70 valence electrons. The number of nitrogens with zero attached hydrogens (tertiary/aromatic N) is 2. The van der Waals surface area contributed by atoms with E-state index in [0.29, 0.717) is 5.92 Å². The van der Waals surface area contributed by atoms with Gasteiger partial charge in [0.25, 0.3) is 0 Å². The van der Waals surface area contributed by atoms with Gasteiger partial charge in [-0.25, -0.2) is 0 Å². The third-order valence-corrected chi connectivity index (χ3v) is 3.11. The van der Waals surface area contributed by atoms with Gasteiger partial charge >= 0.3 is 5.35 Å². The molecular weight excluding hydrogens is 188 g/mol. The van der Waals surface area contributed by atoms with Gasteiger partial charge in [-0.2, -0.15) is 0 Å². The van der Waals surface area contributed by atoms with Crippen molar-refractivity contribution < 1.29 is 4.42 Å². The van der Waals surface area contributed by atoms with Crippen LogP contribution in [0.5, 0.6) is 0 Å². The second-order valence-corrected chi connectivity index (χ2v) is 4.42. The molecule has 3 nitrogen and oxygen atoms in total. The zero-order valence-electron chi connectivity index (χ0n) is 7.24. The van der Waals surface area contributed by atoms with Gasteiger partial charge in [-0.3, -0.25) is 0 Å². The quantitative estimate of drug-likeness (QED) is 0.750. The van der Waals surface area contributed by atoms with E-state index in [1.54, 1.807) is 0 Å². The van der Waals surface area contributed by atoms with Crippen molar-refractivity contribution in [3.05, 3.63) is 11.2 Å². The second-order valence-electron chi connectivity index (χ2n) is 4.09. The van der Waals surface area contributed by atoms with Gasteiger partial charge in [0, 0.05) is 5.92 Å². The van der Waals surface area contributed by atoms with Crippen LogP contribution >= 0.6 is 11.6 Å². The molecule has 0 unspecified atom stereocenters. The first-order chi connectivity index (χ1) is 6.34. The minimum absolute atomic E-state index is 0.182. The summed E-state index contributed by atoms with van der Waals surface area (Å²) in [6, 6.07) is 0. The number of rotatable bonds is 3. The summed E-state index contributed by atoms with van der Waals surface area (Å²) in [5.74, 6) is 2.88. The van der Waals surface area contributed by atoms with E-state index in [-0.39, 0.29) is 5.35 Å². The lowest BCUT2D eigenvalue weighted by Crippen LogP contribution is -2.04. The Morgan fingerprint density at radius 1 is 1.15 bits per heavy atom. The van der Waals surface area contributed by atoms with Crippen molar-refractivity contribution in [2.75, 3.05) is 0 Å². The van der Waals surface area contributed by atoms with Crippen LogP contribution in [0.15, 0.2) is 4.42 Å². The maximum absolute atomic E-state index is 5.61. The van der Waals surface area contributed by atoms with E-state index >= 15 is 0 Å². The van der Waals surface area contributed by atoms with Crippen molar-refractivity contribution in [2.45, 2.75) is 31.6 Å². The van der Waals surface area contributed by atoms with E-state index in [0.717, 1.165) is 17.7 Å². The van der Waals surface area contributed by atoms with Crippen molar-refractivity contribution in [1.82, 2.24) is 10.2 Å². The normalized spacial score (nSPS) is 22.6. The number of hydrogen-bond acceptors (Lipinski definition) is 3. The minimum Gasteiger partial charge on any atom is -0.412 e. The van der Waals surface area contributed by atoms with Crippen LogP contribution in [-0.4, -0.2) is 10.2 Å². The maximum Gasteiger partial charge on any atom is 0.312 e. The molecule has 1 aromatic rings. The van der Waals surface area contributed by atoms with E-state index in [1.165, 1.54) is 25.7 Å². The highest BCUT2D eigenvalue weighted by Crippen LogP contribution is 2.54. The van der Waals surface area contributed by atoms with Crippen LogP contribution in [0.1, 0.15) is 37.5 Å². The van der Waals surface area contributed by atoms with E-state index in [9.17, 15) is 0 Å². The zero-order chi connectivity index (χ0) is 8.84. The molecule has 0 atom stereocenters. The summed E-state index contributed by atoms with van der Waals surface area (Å²) in [5, 5.41) is 7.88. The standard InChI is InChI=1S/C9H11ClN2O/c10-9-12-11-8(13-9)7(5-1-2-5)6-3-4-6/h5-7H,1-4H2. The largest absolute Gasteiger partial charge is 0.412 e.